The van der Waals surface area contributed by atoms with E-state index in [2.05, 4.69) is 15.3 Å². The summed E-state index contributed by atoms with van der Waals surface area (Å²) in [5.74, 6) is -0.0726. The van der Waals surface area contributed by atoms with Crippen LogP contribution in [0.5, 0.6) is 0 Å². The number of aromatic amines is 1. The van der Waals surface area contributed by atoms with E-state index in [0.717, 1.165) is 24.2 Å². The molecule has 7 heteroatoms. The molecule has 3 atom stereocenters. The third kappa shape index (κ3) is 4.95. The maximum absolute atomic E-state index is 12.7. The highest BCUT2D eigenvalue weighted by Crippen LogP contribution is 2.20. The van der Waals surface area contributed by atoms with Crippen LogP contribution in [0, 0.1) is 5.92 Å². The average Bonchev–Trinajstić information content (AvgIpc) is 3.20. The number of H-pyrrole nitrogens is 1. The highest BCUT2D eigenvalue weighted by Gasteiger charge is 2.30. The van der Waals surface area contributed by atoms with Crippen LogP contribution in [0.25, 0.3) is 0 Å². The zero-order valence-electron chi connectivity index (χ0n) is 15.6. The number of nitrogens with two attached hydrogens (primary N) is 1. The Hall–Kier alpha value is -2.67. The number of amides is 2. The van der Waals surface area contributed by atoms with Crippen molar-refractivity contribution in [1.82, 2.24) is 20.2 Å². The number of carbonyl (C=O) groups excluding carboxylic acids is 2. The molecule has 1 aromatic heterocycles. The fraction of sp³-hybridized carbons (Fsp3) is 0.450. The summed E-state index contributed by atoms with van der Waals surface area (Å²) in [6, 6.07) is 9.30. The standard InChI is InChI=1S/C20H27N5O2/c1-14(21)16-8-5-11-25(13-16)20(27)19(26)24-17(12-18-22-9-10-23-18)15-6-3-2-4-7-15/h2-4,6-7,9-10,14,16-17H,5,8,11-13,21H2,1H3,(H,22,23)(H,24,26). The summed E-state index contributed by atoms with van der Waals surface area (Å²) >= 11 is 0. The lowest BCUT2D eigenvalue weighted by atomic mass is 9.92. The number of aromatic nitrogens is 2. The molecule has 0 saturated carbocycles. The molecule has 0 bridgehead atoms. The summed E-state index contributed by atoms with van der Waals surface area (Å²) in [5, 5.41) is 2.89. The molecule has 7 nitrogen and oxygen atoms in total. The lowest BCUT2D eigenvalue weighted by molar-refractivity contribution is -0.147. The molecule has 2 amide bonds. The Morgan fingerprint density at radius 3 is 2.81 bits per heavy atom. The smallest absolute Gasteiger partial charge is 0.311 e. The Morgan fingerprint density at radius 1 is 1.37 bits per heavy atom. The van der Waals surface area contributed by atoms with Crippen molar-refractivity contribution >= 4 is 11.8 Å². The second-order valence-electron chi connectivity index (χ2n) is 7.19. The van der Waals surface area contributed by atoms with Crippen LogP contribution in [0.3, 0.4) is 0 Å². The number of likely N-dealkylation sites (tertiary alicyclic amines) is 1. The van der Waals surface area contributed by atoms with E-state index in [1.54, 1.807) is 17.3 Å². The third-order valence-corrected chi connectivity index (χ3v) is 5.14. The Balaban J connectivity index is 1.69. The molecular formula is C20H27N5O2. The molecule has 2 aromatic rings. The van der Waals surface area contributed by atoms with Crippen LogP contribution in [0.1, 0.15) is 37.2 Å². The van der Waals surface area contributed by atoms with Crippen LogP contribution in [0.15, 0.2) is 42.7 Å². The van der Waals surface area contributed by atoms with Gasteiger partial charge in [0.2, 0.25) is 0 Å². The van der Waals surface area contributed by atoms with Gasteiger partial charge in [-0.2, -0.15) is 0 Å². The molecule has 0 aliphatic carbocycles. The van der Waals surface area contributed by atoms with Crippen LogP contribution in [0.4, 0.5) is 0 Å². The van der Waals surface area contributed by atoms with Crippen molar-refractivity contribution in [3.05, 3.63) is 54.1 Å². The Labute approximate surface area is 159 Å². The summed E-state index contributed by atoms with van der Waals surface area (Å²) in [5.41, 5.74) is 6.92. The van der Waals surface area contributed by atoms with Gasteiger partial charge in [-0.05, 0) is 31.2 Å². The molecule has 0 spiro atoms. The van der Waals surface area contributed by atoms with E-state index in [4.69, 9.17) is 5.73 Å². The molecule has 3 unspecified atom stereocenters. The van der Waals surface area contributed by atoms with Gasteiger partial charge in [-0.3, -0.25) is 9.59 Å². The molecule has 2 heterocycles. The van der Waals surface area contributed by atoms with E-state index in [-0.39, 0.29) is 18.0 Å². The number of nitrogens with zero attached hydrogens (tertiary/aromatic N) is 2. The second kappa shape index (κ2) is 8.81. The van der Waals surface area contributed by atoms with Crippen molar-refractivity contribution in [1.29, 1.82) is 0 Å². The summed E-state index contributed by atoms with van der Waals surface area (Å²) in [6.07, 6.45) is 5.77. The van der Waals surface area contributed by atoms with Gasteiger partial charge in [-0.1, -0.05) is 30.3 Å². The van der Waals surface area contributed by atoms with Crippen LogP contribution in [-0.4, -0.2) is 45.8 Å². The SMILES string of the molecule is CC(N)C1CCCN(C(=O)C(=O)NC(Cc2ncc[nH]2)c2ccccc2)C1. The van der Waals surface area contributed by atoms with Crippen LogP contribution >= 0.6 is 0 Å². The van der Waals surface area contributed by atoms with E-state index < -0.39 is 11.8 Å². The molecule has 1 aliphatic rings. The zero-order chi connectivity index (χ0) is 19.2. The number of nitrogens with one attached hydrogen (secondary N) is 2. The molecule has 0 radical (unpaired) electrons. The van der Waals surface area contributed by atoms with E-state index in [1.807, 2.05) is 37.3 Å². The van der Waals surface area contributed by atoms with Gasteiger partial charge in [0.1, 0.15) is 5.82 Å². The van der Waals surface area contributed by atoms with E-state index in [9.17, 15) is 9.59 Å². The number of carbonyl (C=O) groups is 2. The van der Waals surface area contributed by atoms with Crippen molar-refractivity contribution in [3.8, 4) is 0 Å². The highest BCUT2D eigenvalue weighted by molar-refractivity contribution is 6.35. The quantitative estimate of drug-likeness (QED) is 0.693. The van der Waals surface area contributed by atoms with Gasteiger partial charge in [-0.25, -0.2) is 4.98 Å². The number of hydrogen-bond acceptors (Lipinski definition) is 4. The predicted octanol–water partition coefficient (Wildman–Crippen LogP) is 1.40. The van der Waals surface area contributed by atoms with Crippen molar-refractivity contribution in [2.45, 2.75) is 38.3 Å². The molecule has 3 rings (SSSR count). The number of benzene rings is 1. The Bertz CT molecular complexity index is 745. The molecule has 144 valence electrons. The first-order chi connectivity index (χ1) is 13.0. The van der Waals surface area contributed by atoms with Crippen LogP contribution in [-0.2, 0) is 16.0 Å². The van der Waals surface area contributed by atoms with Gasteiger partial charge >= 0.3 is 11.8 Å². The van der Waals surface area contributed by atoms with Crippen molar-refractivity contribution in [2.24, 2.45) is 11.7 Å². The number of rotatable bonds is 5. The molecule has 27 heavy (non-hydrogen) atoms. The van der Waals surface area contributed by atoms with Gasteiger partial charge in [-0.15, -0.1) is 0 Å². The largest absolute Gasteiger partial charge is 0.349 e. The minimum absolute atomic E-state index is 0.0136. The minimum atomic E-state index is -0.583. The first-order valence-electron chi connectivity index (χ1n) is 9.43. The normalized spacial score (nSPS) is 19.3. The van der Waals surface area contributed by atoms with Crippen LogP contribution < -0.4 is 11.1 Å². The zero-order valence-corrected chi connectivity index (χ0v) is 15.6. The van der Waals surface area contributed by atoms with Gasteiger partial charge in [0, 0.05) is 37.9 Å². The van der Waals surface area contributed by atoms with E-state index >= 15 is 0 Å². The number of piperidine rings is 1. The van der Waals surface area contributed by atoms with Crippen molar-refractivity contribution in [3.63, 3.8) is 0 Å². The Morgan fingerprint density at radius 2 is 2.15 bits per heavy atom. The maximum atomic E-state index is 12.7. The molecule has 4 N–H and O–H groups in total. The van der Waals surface area contributed by atoms with E-state index in [0.29, 0.717) is 19.5 Å². The third-order valence-electron chi connectivity index (χ3n) is 5.14. The van der Waals surface area contributed by atoms with E-state index in [1.165, 1.54) is 0 Å². The van der Waals surface area contributed by atoms with Crippen molar-refractivity contribution in [2.75, 3.05) is 13.1 Å². The van der Waals surface area contributed by atoms with Gasteiger partial charge in [0.15, 0.2) is 0 Å². The second-order valence-corrected chi connectivity index (χ2v) is 7.19. The predicted molar refractivity (Wildman–Crippen MR) is 103 cm³/mol. The average molecular weight is 369 g/mol. The fourth-order valence-electron chi connectivity index (χ4n) is 3.53. The lowest BCUT2D eigenvalue weighted by Gasteiger charge is -2.34. The number of hydrogen-bond donors (Lipinski definition) is 3. The molecule has 1 saturated heterocycles. The van der Waals surface area contributed by atoms with Gasteiger partial charge < -0.3 is 20.9 Å². The monoisotopic (exact) mass is 369 g/mol. The lowest BCUT2D eigenvalue weighted by Crippen LogP contribution is -2.50. The fourth-order valence-corrected chi connectivity index (χ4v) is 3.53. The topological polar surface area (TPSA) is 104 Å². The summed E-state index contributed by atoms with van der Waals surface area (Å²) in [7, 11) is 0. The molecule has 1 aromatic carbocycles. The maximum Gasteiger partial charge on any atom is 0.311 e. The first kappa shape index (κ1) is 19.1. The summed E-state index contributed by atoms with van der Waals surface area (Å²) in [4.78, 5) is 34.3. The van der Waals surface area contributed by atoms with Crippen LogP contribution in [0.2, 0.25) is 0 Å². The van der Waals surface area contributed by atoms with Gasteiger partial charge in [0.25, 0.3) is 0 Å². The first-order valence-corrected chi connectivity index (χ1v) is 9.43. The summed E-state index contributed by atoms with van der Waals surface area (Å²) in [6.45, 7) is 3.09. The molecule has 1 aliphatic heterocycles. The number of imidazole rings is 1. The van der Waals surface area contributed by atoms with Crippen molar-refractivity contribution < 1.29 is 9.59 Å². The molecular weight excluding hydrogens is 342 g/mol. The molecule has 1 fully saturated rings. The van der Waals surface area contributed by atoms with Gasteiger partial charge in [0.05, 0.1) is 6.04 Å². The summed E-state index contributed by atoms with van der Waals surface area (Å²) < 4.78 is 0. The minimum Gasteiger partial charge on any atom is -0.349 e. The Kier molecular flexibility index (Phi) is 6.24. The highest BCUT2D eigenvalue weighted by atomic mass is 16.2.